The Morgan fingerprint density at radius 1 is 1.14 bits per heavy atom. The Balaban J connectivity index is 1.74. The molecule has 7 nitrogen and oxygen atoms in total. The van der Waals surface area contributed by atoms with Crippen molar-refractivity contribution in [2.24, 2.45) is 0 Å². The van der Waals surface area contributed by atoms with Crippen molar-refractivity contribution in [1.82, 2.24) is 5.16 Å². The molecule has 0 atom stereocenters. The third kappa shape index (κ3) is 6.53. The van der Waals surface area contributed by atoms with E-state index in [1.807, 2.05) is 32.0 Å². The summed E-state index contributed by atoms with van der Waals surface area (Å²) in [6.07, 6.45) is 1.56. The number of aromatic nitrogens is 1. The first-order chi connectivity index (χ1) is 13.4. The number of aryl methyl sites for hydroxylation is 3. The van der Waals surface area contributed by atoms with Crippen LogP contribution < -0.4 is 5.32 Å². The molecule has 2 rings (SSSR count). The van der Waals surface area contributed by atoms with Gasteiger partial charge in [0, 0.05) is 11.6 Å². The number of ketones is 1. The van der Waals surface area contributed by atoms with Crippen LogP contribution in [0.5, 0.6) is 0 Å². The number of nitrogens with zero attached hydrogens (tertiary/aromatic N) is 1. The van der Waals surface area contributed by atoms with Crippen molar-refractivity contribution in [3.63, 3.8) is 0 Å². The Hall–Kier alpha value is -2.61. The lowest BCUT2D eigenvalue weighted by atomic mass is 9.98. The number of hydrogen-bond acceptors (Lipinski definition) is 7. The number of Topliss-reactive ketones (excluding diaryl/α,β-unsaturated/α-hetero) is 1. The number of carbonyl (C=O) groups is 3. The SMILES string of the molecule is CCc1ccc(CC)c(C(=O)COC(=O)CSCC(=O)Nc2cc(C)on2)c1. The molecule has 28 heavy (non-hydrogen) atoms. The molecule has 2 aromatic rings. The number of esters is 1. The van der Waals surface area contributed by atoms with Crippen molar-refractivity contribution in [2.75, 3.05) is 23.4 Å². The van der Waals surface area contributed by atoms with Crippen LogP contribution in [0.3, 0.4) is 0 Å². The van der Waals surface area contributed by atoms with E-state index in [0.717, 1.165) is 35.7 Å². The van der Waals surface area contributed by atoms with Gasteiger partial charge in [0.1, 0.15) is 5.76 Å². The van der Waals surface area contributed by atoms with Crippen molar-refractivity contribution in [3.8, 4) is 0 Å². The van der Waals surface area contributed by atoms with Crippen LogP contribution in [0, 0.1) is 6.92 Å². The summed E-state index contributed by atoms with van der Waals surface area (Å²) in [5.41, 5.74) is 2.60. The molecule has 0 bridgehead atoms. The molecule has 0 saturated carbocycles. The fourth-order valence-electron chi connectivity index (χ4n) is 2.51. The van der Waals surface area contributed by atoms with Crippen LogP contribution in [0.25, 0.3) is 0 Å². The van der Waals surface area contributed by atoms with Crippen LogP contribution in [-0.4, -0.2) is 40.9 Å². The minimum absolute atomic E-state index is 0.0197. The van der Waals surface area contributed by atoms with Gasteiger partial charge in [-0.05, 0) is 37.0 Å². The molecule has 1 aromatic carbocycles. The molecule has 8 heteroatoms. The number of nitrogens with one attached hydrogen (secondary N) is 1. The fraction of sp³-hybridized carbons (Fsp3) is 0.400. The van der Waals surface area contributed by atoms with Crippen LogP contribution in [0.15, 0.2) is 28.8 Å². The predicted molar refractivity (Wildman–Crippen MR) is 108 cm³/mol. The molecule has 0 aliphatic rings. The lowest BCUT2D eigenvalue weighted by molar-refractivity contribution is -0.139. The molecule has 0 unspecified atom stereocenters. The number of benzene rings is 1. The Labute approximate surface area is 168 Å². The maximum Gasteiger partial charge on any atom is 0.316 e. The summed E-state index contributed by atoms with van der Waals surface area (Å²) in [6, 6.07) is 7.41. The second-order valence-electron chi connectivity index (χ2n) is 6.15. The molecule has 1 N–H and O–H groups in total. The molecule has 0 spiro atoms. The highest BCUT2D eigenvalue weighted by Crippen LogP contribution is 2.15. The zero-order chi connectivity index (χ0) is 20.5. The number of amides is 1. The van der Waals surface area contributed by atoms with Gasteiger partial charge in [-0.1, -0.05) is 31.1 Å². The van der Waals surface area contributed by atoms with Crippen molar-refractivity contribution in [1.29, 1.82) is 0 Å². The summed E-state index contributed by atoms with van der Waals surface area (Å²) in [4.78, 5) is 36.0. The summed E-state index contributed by atoms with van der Waals surface area (Å²) in [6.45, 7) is 5.42. The van der Waals surface area contributed by atoms with Crippen LogP contribution in [0.2, 0.25) is 0 Å². The number of thioether (sulfide) groups is 1. The quantitative estimate of drug-likeness (QED) is 0.479. The van der Waals surface area contributed by atoms with E-state index in [2.05, 4.69) is 10.5 Å². The molecular formula is C20H24N2O5S. The van der Waals surface area contributed by atoms with Gasteiger partial charge in [0.2, 0.25) is 11.7 Å². The summed E-state index contributed by atoms with van der Waals surface area (Å²) < 4.78 is 9.92. The molecule has 0 fully saturated rings. The highest BCUT2D eigenvalue weighted by atomic mass is 32.2. The van der Waals surface area contributed by atoms with Crippen LogP contribution in [0.1, 0.15) is 41.1 Å². The Morgan fingerprint density at radius 3 is 2.57 bits per heavy atom. The number of carbonyl (C=O) groups excluding carboxylic acids is 3. The van der Waals surface area contributed by atoms with Gasteiger partial charge < -0.3 is 14.6 Å². The van der Waals surface area contributed by atoms with Gasteiger partial charge in [-0.2, -0.15) is 0 Å². The normalized spacial score (nSPS) is 10.5. The first-order valence-corrected chi connectivity index (χ1v) is 10.2. The lowest BCUT2D eigenvalue weighted by Crippen LogP contribution is -2.19. The minimum atomic E-state index is -0.534. The molecule has 0 radical (unpaired) electrons. The van der Waals surface area contributed by atoms with Crippen LogP contribution in [0.4, 0.5) is 5.82 Å². The van der Waals surface area contributed by atoms with E-state index in [0.29, 0.717) is 17.1 Å². The zero-order valence-corrected chi connectivity index (χ0v) is 17.1. The highest BCUT2D eigenvalue weighted by molar-refractivity contribution is 8.00. The van der Waals surface area contributed by atoms with Crippen molar-refractivity contribution in [3.05, 3.63) is 46.7 Å². The molecular weight excluding hydrogens is 380 g/mol. The highest BCUT2D eigenvalue weighted by Gasteiger charge is 2.15. The van der Waals surface area contributed by atoms with Crippen LogP contribution >= 0.6 is 11.8 Å². The Kier molecular flexibility index (Phi) is 8.25. The fourth-order valence-corrected chi connectivity index (χ4v) is 3.12. The third-order valence-corrected chi connectivity index (χ3v) is 4.88. The summed E-state index contributed by atoms with van der Waals surface area (Å²) in [5, 5.41) is 6.22. The largest absolute Gasteiger partial charge is 0.457 e. The number of anilines is 1. The van der Waals surface area contributed by atoms with Crippen molar-refractivity contribution < 1.29 is 23.6 Å². The second kappa shape index (κ2) is 10.7. The van der Waals surface area contributed by atoms with Gasteiger partial charge in [-0.25, -0.2) is 0 Å². The molecule has 1 heterocycles. The Bertz CT molecular complexity index is 847. The van der Waals surface area contributed by atoms with E-state index >= 15 is 0 Å². The summed E-state index contributed by atoms with van der Waals surface area (Å²) >= 11 is 1.10. The molecule has 1 aromatic heterocycles. The Morgan fingerprint density at radius 2 is 1.93 bits per heavy atom. The molecule has 0 saturated heterocycles. The summed E-state index contributed by atoms with van der Waals surface area (Å²) in [5.74, 6) is -0.0880. The van der Waals surface area contributed by atoms with Gasteiger partial charge in [0.25, 0.3) is 0 Å². The molecule has 0 aliphatic carbocycles. The monoisotopic (exact) mass is 404 g/mol. The van der Waals surface area contributed by atoms with Crippen molar-refractivity contribution in [2.45, 2.75) is 33.6 Å². The average Bonchev–Trinajstić information content (AvgIpc) is 3.09. The first-order valence-electron chi connectivity index (χ1n) is 9.04. The predicted octanol–water partition coefficient (Wildman–Crippen LogP) is 3.21. The number of ether oxygens (including phenoxy) is 1. The topological polar surface area (TPSA) is 98.5 Å². The number of hydrogen-bond donors (Lipinski definition) is 1. The maximum atomic E-state index is 12.4. The smallest absolute Gasteiger partial charge is 0.316 e. The van der Waals surface area contributed by atoms with E-state index in [1.54, 1.807) is 13.0 Å². The summed E-state index contributed by atoms with van der Waals surface area (Å²) in [7, 11) is 0. The second-order valence-corrected chi connectivity index (χ2v) is 7.13. The van der Waals surface area contributed by atoms with Gasteiger partial charge in [-0.3, -0.25) is 14.4 Å². The van der Waals surface area contributed by atoms with Gasteiger partial charge in [0.05, 0.1) is 11.5 Å². The average molecular weight is 404 g/mol. The third-order valence-electron chi connectivity index (χ3n) is 3.98. The molecule has 150 valence electrons. The van der Waals surface area contributed by atoms with Crippen molar-refractivity contribution >= 4 is 35.2 Å². The first kappa shape index (κ1) is 21.7. The maximum absolute atomic E-state index is 12.4. The van der Waals surface area contributed by atoms with E-state index in [-0.39, 0.29) is 29.8 Å². The zero-order valence-electron chi connectivity index (χ0n) is 16.2. The van der Waals surface area contributed by atoms with Gasteiger partial charge >= 0.3 is 5.97 Å². The van der Waals surface area contributed by atoms with Gasteiger partial charge in [0.15, 0.2) is 12.4 Å². The molecule has 0 aliphatic heterocycles. The van der Waals surface area contributed by atoms with E-state index in [1.165, 1.54) is 0 Å². The number of rotatable bonds is 10. The van der Waals surface area contributed by atoms with Gasteiger partial charge in [-0.15, -0.1) is 11.8 Å². The standard InChI is InChI=1S/C20H24N2O5S/c1-4-14-6-7-15(5-2)16(9-14)17(23)10-26-20(25)12-28-11-19(24)21-18-8-13(3)27-22-18/h6-9H,4-5,10-12H2,1-3H3,(H,21,22,24). The molecule has 1 amide bonds. The van der Waals surface area contributed by atoms with Crippen LogP contribution in [-0.2, 0) is 27.2 Å². The minimum Gasteiger partial charge on any atom is -0.457 e. The lowest BCUT2D eigenvalue weighted by Gasteiger charge is -2.10. The van der Waals surface area contributed by atoms with E-state index in [4.69, 9.17) is 9.26 Å². The van der Waals surface area contributed by atoms with E-state index in [9.17, 15) is 14.4 Å². The van der Waals surface area contributed by atoms with E-state index < -0.39 is 5.97 Å².